The Morgan fingerprint density at radius 3 is 1.93 bits per heavy atom. The second-order valence-electron chi connectivity index (χ2n) is 11.2. The van der Waals surface area contributed by atoms with Crippen LogP contribution in [0.4, 0.5) is 31.1 Å². The number of nitrogens with zero attached hydrogens (tertiary/aromatic N) is 4. The molecule has 1 unspecified atom stereocenters. The summed E-state index contributed by atoms with van der Waals surface area (Å²) in [6, 6.07) is 4.24. The molecule has 4 heterocycles. The lowest BCUT2D eigenvalue weighted by molar-refractivity contribution is -0.193. The number of carbonyl (C=O) groups excluding carboxylic acids is 2. The van der Waals surface area contributed by atoms with Crippen molar-refractivity contribution in [2.75, 3.05) is 39.3 Å². The van der Waals surface area contributed by atoms with Crippen molar-refractivity contribution in [3.05, 3.63) is 30.1 Å². The molecule has 3 aliphatic heterocycles. The first kappa shape index (κ1) is 36.6. The highest BCUT2D eigenvalue weighted by Crippen LogP contribution is 2.58. The quantitative estimate of drug-likeness (QED) is 0.424. The van der Waals surface area contributed by atoms with E-state index < -0.39 is 24.3 Å². The van der Waals surface area contributed by atoms with Gasteiger partial charge in [-0.1, -0.05) is 6.07 Å². The molecule has 248 valence electrons. The SMILES string of the molecule is CCN1CCC2(CN(Cc3cccnc3)CC23CCN(C(=O)NC(C)C)CC3)C1=O.O=C(O)C(F)(F)F.O=C(O)C(F)(F)F. The van der Waals surface area contributed by atoms with Gasteiger partial charge in [-0.3, -0.25) is 14.7 Å². The van der Waals surface area contributed by atoms with Gasteiger partial charge in [-0.2, -0.15) is 26.3 Å². The molecule has 1 aromatic rings. The third-order valence-electron chi connectivity index (χ3n) is 7.96. The summed E-state index contributed by atoms with van der Waals surface area (Å²) in [6.07, 6.45) is -3.72. The highest BCUT2D eigenvalue weighted by atomic mass is 19.4. The Kier molecular flexibility index (Phi) is 12.0. The van der Waals surface area contributed by atoms with Crippen LogP contribution in [0.1, 0.15) is 45.6 Å². The fourth-order valence-corrected chi connectivity index (χ4v) is 5.94. The molecule has 0 aromatic carbocycles. The second-order valence-corrected chi connectivity index (χ2v) is 11.2. The number of likely N-dealkylation sites (tertiary alicyclic amines) is 3. The number of carbonyl (C=O) groups is 4. The van der Waals surface area contributed by atoms with E-state index in [0.29, 0.717) is 5.91 Å². The maximum Gasteiger partial charge on any atom is 0.490 e. The van der Waals surface area contributed by atoms with Crippen LogP contribution < -0.4 is 5.32 Å². The number of amides is 3. The highest BCUT2D eigenvalue weighted by Gasteiger charge is 2.65. The van der Waals surface area contributed by atoms with Gasteiger partial charge in [0, 0.05) is 69.7 Å². The molecule has 1 aromatic heterocycles. The van der Waals surface area contributed by atoms with Crippen molar-refractivity contribution >= 4 is 23.9 Å². The van der Waals surface area contributed by atoms with Gasteiger partial charge in [0.2, 0.25) is 5.91 Å². The molecule has 3 fully saturated rings. The van der Waals surface area contributed by atoms with Crippen molar-refractivity contribution in [2.24, 2.45) is 10.8 Å². The van der Waals surface area contributed by atoms with Crippen molar-refractivity contribution in [3.63, 3.8) is 0 Å². The van der Waals surface area contributed by atoms with E-state index in [1.54, 1.807) is 6.20 Å². The molecule has 4 rings (SSSR count). The Morgan fingerprint density at radius 2 is 1.52 bits per heavy atom. The van der Waals surface area contributed by atoms with Crippen LogP contribution in [0.15, 0.2) is 24.5 Å². The second kappa shape index (κ2) is 14.4. The number of hydrogen-bond donors (Lipinski definition) is 3. The molecule has 0 bridgehead atoms. The first-order valence-corrected chi connectivity index (χ1v) is 13.8. The number of nitrogens with one attached hydrogen (secondary N) is 1. The maximum atomic E-state index is 13.6. The summed E-state index contributed by atoms with van der Waals surface area (Å²) in [6.45, 7) is 11.7. The Balaban J connectivity index is 0.000000402. The summed E-state index contributed by atoms with van der Waals surface area (Å²) < 4.78 is 63.5. The number of hydrogen-bond acceptors (Lipinski definition) is 6. The smallest absolute Gasteiger partial charge is 0.475 e. The first-order valence-electron chi connectivity index (χ1n) is 13.8. The standard InChI is InChI=1S/C23H35N5O2.2C2HF3O2/c1-4-27-13-9-23(20(27)29)17-26(15-19-6-5-10-24-14-19)16-22(23)7-11-28(12-8-22)21(30)25-18(2)3;2*3-2(4,5)1(6)7/h5-6,10,14,18H,4,7-9,11-13,15-17H2,1-3H3,(H,25,30);2*(H,6,7). The lowest BCUT2D eigenvalue weighted by atomic mass is 9.60. The number of rotatable bonds is 4. The summed E-state index contributed by atoms with van der Waals surface area (Å²) in [5.74, 6) is -5.18. The molecule has 2 spiro atoms. The number of urea groups is 1. The third-order valence-corrected chi connectivity index (χ3v) is 7.96. The van der Waals surface area contributed by atoms with Crippen LogP contribution in [0.2, 0.25) is 0 Å². The molecule has 0 radical (unpaired) electrons. The number of piperidine rings is 1. The van der Waals surface area contributed by atoms with Gasteiger partial charge < -0.3 is 25.3 Å². The predicted molar refractivity (Wildman–Crippen MR) is 143 cm³/mol. The van der Waals surface area contributed by atoms with Crippen LogP contribution in [0.5, 0.6) is 0 Å². The minimum atomic E-state index is -5.08. The van der Waals surface area contributed by atoms with Gasteiger partial charge in [-0.05, 0) is 51.7 Å². The molecular formula is C27H37F6N5O6. The lowest BCUT2D eigenvalue weighted by Gasteiger charge is -2.47. The van der Waals surface area contributed by atoms with Crippen LogP contribution in [-0.2, 0) is 20.9 Å². The van der Waals surface area contributed by atoms with E-state index in [1.165, 1.54) is 5.56 Å². The Morgan fingerprint density at radius 1 is 0.977 bits per heavy atom. The molecule has 0 aliphatic carbocycles. The number of pyridine rings is 1. The number of halogens is 6. The van der Waals surface area contributed by atoms with Gasteiger partial charge in [0.1, 0.15) is 0 Å². The summed E-state index contributed by atoms with van der Waals surface area (Å²) >= 11 is 0. The van der Waals surface area contributed by atoms with Crippen molar-refractivity contribution < 1.29 is 55.7 Å². The Labute approximate surface area is 250 Å². The average Bonchev–Trinajstić information content (AvgIpc) is 3.40. The van der Waals surface area contributed by atoms with Crippen LogP contribution in [0.3, 0.4) is 0 Å². The van der Waals surface area contributed by atoms with Gasteiger partial charge >= 0.3 is 30.3 Å². The van der Waals surface area contributed by atoms with Crippen LogP contribution in [0, 0.1) is 10.8 Å². The molecule has 3 saturated heterocycles. The molecule has 44 heavy (non-hydrogen) atoms. The number of fused-ring (bicyclic) bond motifs is 1. The van der Waals surface area contributed by atoms with Crippen molar-refractivity contribution in [1.82, 2.24) is 25.0 Å². The van der Waals surface area contributed by atoms with Crippen molar-refractivity contribution in [2.45, 2.75) is 65.0 Å². The summed E-state index contributed by atoms with van der Waals surface area (Å²) in [4.78, 5) is 54.6. The van der Waals surface area contributed by atoms with Crippen molar-refractivity contribution in [3.8, 4) is 0 Å². The van der Waals surface area contributed by atoms with Crippen LogP contribution in [0.25, 0.3) is 0 Å². The predicted octanol–water partition coefficient (Wildman–Crippen LogP) is 3.60. The molecule has 17 heteroatoms. The van der Waals surface area contributed by atoms with Crippen molar-refractivity contribution in [1.29, 1.82) is 0 Å². The van der Waals surface area contributed by atoms with E-state index in [1.807, 2.05) is 35.9 Å². The highest BCUT2D eigenvalue weighted by molar-refractivity contribution is 5.87. The number of alkyl halides is 6. The molecule has 3 N–H and O–H groups in total. The first-order chi connectivity index (χ1) is 20.3. The average molecular weight is 642 g/mol. The minimum absolute atomic E-state index is 0.0204. The number of aromatic nitrogens is 1. The van der Waals surface area contributed by atoms with E-state index in [9.17, 15) is 35.9 Å². The molecule has 11 nitrogen and oxygen atoms in total. The molecular weight excluding hydrogens is 604 g/mol. The monoisotopic (exact) mass is 641 g/mol. The fourth-order valence-electron chi connectivity index (χ4n) is 5.94. The lowest BCUT2D eigenvalue weighted by Crippen LogP contribution is -2.55. The number of carboxylic acid groups (broad SMARTS) is 2. The topological polar surface area (TPSA) is 143 Å². The van der Waals surface area contributed by atoms with Crippen LogP contribution in [-0.4, -0.2) is 111 Å². The van der Waals surface area contributed by atoms with Gasteiger partial charge in [0.15, 0.2) is 0 Å². The van der Waals surface area contributed by atoms with E-state index in [4.69, 9.17) is 19.8 Å². The van der Waals surface area contributed by atoms with E-state index >= 15 is 0 Å². The molecule has 3 aliphatic rings. The van der Waals surface area contributed by atoms with Gasteiger partial charge in [0.25, 0.3) is 0 Å². The fraction of sp³-hybridized carbons (Fsp3) is 0.667. The minimum Gasteiger partial charge on any atom is -0.475 e. The Hall–Kier alpha value is -3.63. The van der Waals surface area contributed by atoms with Gasteiger partial charge in [-0.25, -0.2) is 14.4 Å². The van der Waals surface area contributed by atoms with Gasteiger partial charge in [-0.15, -0.1) is 0 Å². The zero-order chi connectivity index (χ0) is 33.5. The number of carboxylic acids is 2. The summed E-state index contributed by atoms with van der Waals surface area (Å²) in [7, 11) is 0. The molecule has 0 saturated carbocycles. The third kappa shape index (κ3) is 8.95. The maximum absolute atomic E-state index is 13.6. The van der Waals surface area contributed by atoms with E-state index in [2.05, 4.69) is 28.2 Å². The largest absolute Gasteiger partial charge is 0.490 e. The van der Waals surface area contributed by atoms with Gasteiger partial charge in [0.05, 0.1) is 5.41 Å². The zero-order valence-corrected chi connectivity index (χ0v) is 24.5. The van der Waals surface area contributed by atoms with Crippen LogP contribution >= 0.6 is 0 Å². The Bertz CT molecular complexity index is 1130. The van der Waals surface area contributed by atoms with E-state index in [0.717, 1.165) is 65.1 Å². The zero-order valence-electron chi connectivity index (χ0n) is 24.5. The molecule has 1 atom stereocenters. The van der Waals surface area contributed by atoms with E-state index in [-0.39, 0.29) is 22.9 Å². The number of aliphatic carboxylic acids is 2. The summed E-state index contributed by atoms with van der Waals surface area (Å²) in [5.41, 5.74) is 0.827. The molecule has 3 amide bonds. The summed E-state index contributed by atoms with van der Waals surface area (Å²) in [5, 5.41) is 17.3. The normalized spacial score (nSPS) is 21.5.